The van der Waals surface area contributed by atoms with Crippen molar-refractivity contribution in [3.8, 4) is 0 Å². The number of nitrogens with one attached hydrogen (secondary N) is 2. The molecule has 2 N–H and O–H groups in total. The first kappa shape index (κ1) is 17.2. The quantitative estimate of drug-likeness (QED) is 0.696. The van der Waals surface area contributed by atoms with Gasteiger partial charge in [0.1, 0.15) is 0 Å². The van der Waals surface area contributed by atoms with Crippen molar-refractivity contribution >= 4 is 33.0 Å². The molecule has 0 radical (unpaired) electrons. The molecule has 3 aromatic rings. The largest absolute Gasteiger partial charge is 0.348 e. The van der Waals surface area contributed by atoms with Crippen molar-refractivity contribution in [3.05, 3.63) is 82.6 Å². The lowest BCUT2D eigenvalue weighted by molar-refractivity contribution is 0.0951. The number of sulfonamides is 1. The SMILES string of the molecule is O=C(NCc1ccsc1)c1ccc(S(=O)(=O)Nc2ccccc2)cc1. The predicted molar refractivity (Wildman–Crippen MR) is 99.2 cm³/mol. The molecule has 0 aliphatic rings. The van der Waals surface area contributed by atoms with Crippen LogP contribution in [0.1, 0.15) is 15.9 Å². The molecule has 0 spiro atoms. The van der Waals surface area contributed by atoms with Gasteiger partial charge >= 0.3 is 0 Å². The molecular formula is C18H16N2O3S2. The van der Waals surface area contributed by atoms with E-state index in [1.807, 2.05) is 16.8 Å². The van der Waals surface area contributed by atoms with Crippen LogP contribution in [-0.2, 0) is 16.6 Å². The van der Waals surface area contributed by atoms with Crippen molar-refractivity contribution in [2.24, 2.45) is 0 Å². The fourth-order valence-corrected chi connectivity index (χ4v) is 3.91. The Kier molecular flexibility index (Phi) is 5.16. The molecule has 25 heavy (non-hydrogen) atoms. The van der Waals surface area contributed by atoms with E-state index in [-0.39, 0.29) is 10.8 Å². The van der Waals surface area contributed by atoms with Crippen LogP contribution < -0.4 is 10.0 Å². The fraction of sp³-hybridized carbons (Fsp3) is 0.0556. The number of rotatable bonds is 6. The van der Waals surface area contributed by atoms with E-state index in [0.29, 0.717) is 17.8 Å². The lowest BCUT2D eigenvalue weighted by Gasteiger charge is -2.09. The maximum Gasteiger partial charge on any atom is 0.261 e. The smallest absolute Gasteiger partial charge is 0.261 e. The van der Waals surface area contributed by atoms with Crippen LogP contribution in [0.4, 0.5) is 5.69 Å². The Hall–Kier alpha value is -2.64. The average Bonchev–Trinajstić information content (AvgIpc) is 3.14. The van der Waals surface area contributed by atoms with E-state index in [4.69, 9.17) is 0 Å². The minimum absolute atomic E-state index is 0.103. The molecule has 0 saturated heterocycles. The summed E-state index contributed by atoms with van der Waals surface area (Å²) in [4.78, 5) is 12.2. The van der Waals surface area contributed by atoms with Crippen molar-refractivity contribution < 1.29 is 13.2 Å². The molecule has 0 unspecified atom stereocenters. The highest BCUT2D eigenvalue weighted by atomic mass is 32.2. The number of carbonyl (C=O) groups excluding carboxylic acids is 1. The highest BCUT2D eigenvalue weighted by Crippen LogP contribution is 2.16. The molecule has 128 valence electrons. The number of anilines is 1. The zero-order valence-electron chi connectivity index (χ0n) is 13.2. The molecule has 1 amide bonds. The summed E-state index contributed by atoms with van der Waals surface area (Å²) >= 11 is 1.57. The minimum atomic E-state index is -3.68. The van der Waals surface area contributed by atoms with Crippen molar-refractivity contribution in [1.29, 1.82) is 0 Å². The summed E-state index contributed by atoms with van der Waals surface area (Å²) in [5.74, 6) is -0.244. The van der Waals surface area contributed by atoms with Crippen molar-refractivity contribution in [2.45, 2.75) is 11.4 Å². The summed E-state index contributed by atoms with van der Waals surface area (Å²) in [7, 11) is -3.68. The van der Waals surface area contributed by atoms with E-state index >= 15 is 0 Å². The van der Waals surface area contributed by atoms with Crippen molar-refractivity contribution in [2.75, 3.05) is 4.72 Å². The Bertz CT molecular complexity index is 936. The zero-order chi connectivity index (χ0) is 17.7. The van der Waals surface area contributed by atoms with E-state index in [9.17, 15) is 13.2 Å². The Morgan fingerprint density at radius 1 is 0.960 bits per heavy atom. The van der Waals surface area contributed by atoms with Gasteiger partial charge in [0.25, 0.3) is 15.9 Å². The number of hydrogen-bond donors (Lipinski definition) is 2. The van der Waals surface area contributed by atoms with Gasteiger partial charge in [-0.3, -0.25) is 9.52 Å². The second-order valence-corrected chi connectivity index (χ2v) is 7.77. The van der Waals surface area contributed by atoms with E-state index < -0.39 is 10.0 Å². The lowest BCUT2D eigenvalue weighted by Crippen LogP contribution is -2.22. The van der Waals surface area contributed by atoms with Gasteiger partial charge in [0.2, 0.25) is 0 Å². The highest BCUT2D eigenvalue weighted by molar-refractivity contribution is 7.92. The first-order valence-corrected chi connectivity index (χ1v) is 9.94. The number of para-hydroxylation sites is 1. The Morgan fingerprint density at radius 2 is 1.68 bits per heavy atom. The maximum atomic E-state index is 12.4. The summed E-state index contributed by atoms with van der Waals surface area (Å²) < 4.78 is 27.2. The number of hydrogen-bond acceptors (Lipinski definition) is 4. The van der Waals surface area contributed by atoms with E-state index in [2.05, 4.69) is 10.0 Å². The average molecular weight is 372 g/mol. The van der Waals surface area contributed by atoms with Crippen LogP contribution in [0.25, 0.3) is 0 Å². The molecule has 0 atom stereocenters. The molecule has 5 nitrogen and oxygen atoms in total. The molecule has 0 saturated carbocycles. The van der Waals surface area contributed by atoms with Crippen LogP contribution in [0.3, 0.4) is 0 Å². The van der Waals surface area contributed by atoms with Crippen molar-refractivity contribution in [1.82, 2.24) is 5.32 Å². The van der Waals surface area contributed by atoms with Gasteiger partial charge in [-0.2, -0.15) is 11.3 Å². The third kappa shape index (κ3) is 4.46. The maximum absolute atomic E-state index is 12.4. The summed E-state index contributed by atoms with van der Waals surface area (Å²) in [6.07, 6.45) is 0. The predicted octanol–water partition coefficient (Wildman–Crippen LogP) is 3.48. The van der Waals surface area contributed by atoms with E-state index in [0.717, 1.165) is 5.56 Å². The van der Waals surface area contributed by atoms with E-state index in [1.165, 1.54) is 24.3 Å². The first-order valence-electron chi connectivity index (χ1n) is 7.52. The van der Waals surface area contributed by atoms with Gasteiger partial charge in [-0.25, -0.2) is 8.42 Å². The standard InChI is InChI=1S/C18H16N2O3S2/c21-18(19-12-14-10-11-24-13-14)15-6-8-17(9-7-15)25(22,23)20-16-4-2-1-3-5-16/h1-11,13,20H,12H2,(H,19,21). The Labute approximate surface area is 150 Å². The molecule has 0 aliphatic carbocycles. The van der Waals surface area contributed by atoms with Gasteiger partial charge in [-0.05, 0) is 58.8 Å². The molecule has 2 aromatic carbocycles. The van der Waals surface area contributed by atoms with Gasteiger partial charge in [0.15, 0.2) is 0 Å². The molecule has 1 aromatic heterocycles. The minimum Gasteiger partial charge on any atom is -0.348 e. The number of thiophene rings is 1. The highest BCUT2D eigenvalue weighted by Gasteiger charge is 2.15. The van der Waals surface area contributed by atoms with Crippen LogP contribution in [0.2, 0.25) is 0 Å². The Balaban J connectivity index is 1.67. The second kappa shape index (κ2) is 7.50. The lowest BCUT2D eigenvalue weighted by atomic mass is 10.2. The first-order chi connectivity index (χ1) is 12.0. The fourth-order valence-electron chi connectivity index (χ4n) is 2.18. The number of amides is 1. The van der Waals surface area contributed by atoms with Crippen LogP contribution in [0, 0.1) is 0 Å². The molecule has 0 fully saturated rings. The van der Waals surface area contributed by atoms with Crippen LogP contribution >= 0.6 is 11.3 Å². The molecule has 1 heterocycles. The molecule has 3 rings (SSSR count). The van der Waals surface area contributed by atoms with Gasteiger partial charge in [-0.15, -0.1) is 0 Å². The van der Waals surface area contributed by atoms with Gasteiger partial charge in [0.05, 0.1) is 4.90 Å². The molecule has 0 aliphatic heterocycles. The third-order valence-electron chi connectivity index (χ3n) is 3.49. The van der Waals surface area contributed by atoms with Crippen LogP contribution in [0.5, 0.6) is 0 Å². The monoisotopic (exact) mass is 372 g/mol. The molecular weight excluding hydrogens is 356 g/mol. The van der Waals surface area contributed by atoms with E-state index in [1.54, 1.807) is 41.7 Å². The van der Waals surface area contributed by atoms with Crippen molar-refractivity contribution in [3.63, 3.8) is 0 Å². The summed E-state index contributed by atoms with van der Waals surface area (Å²) in [6.45, 7) is 0.442. The second-order valence-electron chi connectivity index (χ2n) is 5.31. The number of carbonyl (C=O) groups is 1. The normalized spacial score (nSPS) is 11.0. The third-order valence-corrected chi connectivity index (χ3v) is 5.62. The Morgan fingerprint density at radius 3 is 2.32 bits per heavy atom. The summed E-state index contributed by atoms with van der Waals surface area (Å²) in [5.41, 5.74) is 1.93. The van der Waals surface area contributed by atoms with Gasteiger partial charge in [-0.1, -0.05) is 18.2 Å². The zero-order valence-corrected chi connectivity index (χ0v) is 14.8. The topological polar surface area (TPSA) is 75.3 Å². The molecule has 0 bridgehead atoms. The van der Waals surface area contributed by atoms with Crippen LogP contribution in [-0.4, -0.2) is 14.3 Å². The molecule has 7 heteroatoms. The summed E-state index contributed by atoms with van der Waals surface area (Å²) in [6, 6.07) is 16.4. The van der Waals surface area contributed by atoms with Crippen LogP contribution in [0.15, 0.2) is 76.3 Å². The van der Waals surface area contributed by atoms with Gasteiger partial charge in [0, 0.05) is 17.8 Å². The number of benzene rings is 2. The van der Waals surface area contributed by atoms with Gasteiger partial charge < -0.3 is 5.32 Å². The summed E-state index contributed by atoms with van der Waals surface area (Å²) in [5, 5.41) is 6.71.